The molecule has 0 saturated heterocycles. The first-order chi connectivity index (χ1) is 6.25. The van der Waals surface area contributed by atoms with Crippen molar-refractivity contribution < 1.29 is 4.74 Å². The molecule has 3 unspecified atom stereocenters. The van der Waals surface area contributed by atoms with Gasteiger partial charge in [-0.05, 0) is 36.5 Å². The molecule has 1 saturated carbocycles. The molecule has 2 rings (SSSR count). The van der Waals surface area contributed by atoms with Gasteiger partial charge in [0, 0.05) is 13.2 Å². The Morgan fingerprint density at radius 2 is 2.15 bits per heavy atom. The van der Waals surface area contributed by atoms with E-state index in [9.17, 15) is 0 Å². The summed E-state index contributed by atoms with van der Waals surface area (Å²) < 4.78 is 5.70. The lowest BCUT2D eigenvalue weighted by Crippen LogP contribution is -2.16. The molecule has 3 atom stereocenters. The monoisotopic (exact) mass is 180 g/mol. The van der Waals surface area contributed by atoms with Gasteiger partial charge < -0.3 is 4.74 Å². The highest BCUT2D eigenvalue weighted by Gasteiger charge is 2.35. The average Bonchev–Trinajstić information content (AvgIpc) is 2.64. The van der Waals surface area contributed by atoms with Gasteiger partial charge >= 0.3 is 0 Å². The molecule has 0 N–H and O–H groups in total. The minimum Gasteiger partial charge on any atom is -0.381 e. The van der Waals surface area contributed by atoms with E-state index >= 15 is 0 Å². The Balaban J connectivity index is 1.69. The van der Waals surface area contributed by atoms with Crippen molar-refractivity contribution in [3.63, 3.8) is 0 Å². The molecule has 0 aromatic heterocycles. The molecular weight excluding hydrogens is 160 g/mol. The molecule has 1 heteroatoms. The molecule has 1 fully saturated rings. The smallest absolute Gasteiger partial charge is 0.0500 e. The van der Waals surface area contributed by atoms with Gasteiger partial charge in [0.05, 0.1) is 0 Å². The molecule has 1 nitrogen and oxygen atoms in total. The molecular formula is C12H20O. The summed E-state index contributed by atoms with van der Waals surface area (Å²) in [7, 11) is 0. The van der Waals surface area contributed by atoms with Crippen LogP contribution < -0.4 is 0 Å². The zero-order valence-corrected chi connectivity index (χ0v) is 8.70. The molecule has 0 amide bonds. The van der Waals surface area contributed by atoms with Crippen molar-refractivity contribution >= 4 is 0 Å². The molecule has 2 bridgehead atoms. The second kappa shape index (κ2) is 3.83. The van der Waals surface area contributed by atoms with Gasteiger partial charge in [-0.25, -0.2) is 0 Å². The fraction of sp³-hybridized carbons (Fsp3) is 0.833. The van der Waals surface area contributed by atoms with Crippen molar-refractivity contribution in [2.24, 2.45) is 23.7 Å². The Morgan fingerprint density at radius 3 is 2.69 bits per heavy atom. The van der Waals surface area contributed by atoms with E-state index in [1.54, 1.807) is 0 Å². The van der Waals surface area contributed by atoms with E-state index in [0.29, 0.717) is 5.92 Å². The first-order valence-corrected chi connectivity index (χ1v) is 5.51. The van der Waals surface area contributed by atoms with E-state index in [0.717, 1.165) is 31.0 Å². The van der Waals surface area contributed by atoms with Crippen LogP contribution in [0.25, 0.3) is 0 Å². The summed E-state index contributed by atoms with van der Waals surface area (Å²) >= 11 is 0. The molecule has 2 aliphatic carbocycles. The van der Waals surface area contributed by atoms with Gasteiger partial charge in [0.15, 0.2) is 0 Å². The maximum atomic E-state index is 5.70. The zero-order chi connectivity index (χ0) is 9.26. The molecule has 0 aromatic rings. The van der Waals surface area contributed by atoms with Crippen LogP contribution in [0.5, 0.6) is 0 Å². The molecule has 13 heavy (non-hydrogen) atoms. The Labute approximate surface area is 81.2 Å². The number of rotatable bonds is 4. The van der Waals surface area contributed by atoms with Gasteiger partial charge in [-0.3, -0.25) is 0 Å². The fourth-order valence-electron chi connectivity index (χ4n) is 2.54. The maximum absolute atomic E-state index is 5.70. The highest BCUT2D eigenvalue weighted by Crippen LogP contribution is 2.43. The average molecular weight is 180 g/mol. The van der Waals surface area contributed by atoms with E-state index in [-0.39, 0.29) is 0 Å². The molecule has 0 aliphatic heterocycles. The quantitative estimate of drug-likeness (QED) is 0.604. The fourth-order valence-corrected chi connectivity index (χ4v) is 2.54. The first-order valence-electron chi connectivity index (χ1n) is 5.51. The third-order valence-corrected chi connectivity index (χ3v) is 3.20. The van der Waals surface area contributed by atoms with Crippen molar-refractivity contribution in [3.8, 4) is 0 Å². The third-order valence-electron chi connectivity index (χ3n) is 3.20. The van der Waals surface area contributed by atoms with Gasteiger partial charge in [0.1, 0.15) is 0 Å². The minimum absolute atomic E-state index is 0.675. The molecule has 0 radical (unpaired) electrons. The van der Waals surface area contributed by atoms with Crippen LogP contribution in [0.4, 0.5) is 0 Å². The Hall–Kier alpha value is -0.300. The summed E-state index contributed by atoms with van der Waals surface area (Å²) in [5.41, 5.74) is 0. The third kappa shape index (κ3) is 2.14. The highest BCUT2D eigenvalue weighted by atomic mass is 16.5. The standard InChI is InChI=1S/C12H20O/c1-9(2)7-13-8-12-6-10-3-4-11(12)5-10/h3-4,9-12H,5-8H2,1-2H3. The summed E-state index contributed by atoms with van der Waals surface area (Å²) in [6, 6.07) is 0. The summed E-state index contributed by atoms with van der Waals surface area (Å²) in [6.07, 6.45) is 7.57. The number of fused-ring (bicyclic) bond motifs is 2. The Bertz CT molecular complexity index is 195. The molecule has 2 aliphatic rings. The summed E-state index contributed by atoms with van der Waals surface area (Å²) in [5.74, 6) is 3.23. The largest absolute Gasteiger partial charge is 0.381 e. The second-order valence-electron chi connectivity index (χ2n) is 4.97. The van der Waals surface area contributed by atoms with Gasteiger partial charge in [0.2, 0.25) is 0 Å². The normalized spacial score (nSPS) is 36.4. The van der Waals surface area contributed by atoms with Crippen LogP contribution in [0.1, 0.15) is 26.7 Å². The zero-order valence-electron chi connectivity index (χ0n) is 8.70. The van der Waals surface area contributed by atoms with Crippen LogP contribution in [-0.4, -0.2) is 13.2 Å². The van der Waals surface area contributed by atoms with Crippen molar-refractivity contribution in [3.05, 3.63) is 12.2 Å². The predicted molar refractivity (Wildman–Crippen MR) is 54.5 cm³/mol. The predicted octanol–water partition coefficient (Wildman–Crippen LogP) is 2.87. The second-order valence-corrected chi connectivity index (χ2v) is 4.97. The number of allylic oxidation sites excluding steroid dienone is 2. The highest BCUT2D eigenvalue weighted by molar-refractivity contribution is 5.09. The van der Waals surface area contributed by atoms with Crippen molar-refractivity contribution in [1.82, 2.24) is 0 Å². The van der Waals surface area contributed by atoms with Crippen LogP contribution in [0.2, 0.25) is 0 Å². The summed E-state index contributed by atoms with van der Waals surface area (Å²) in [4.78, 5) is 0. The van der Waals surface area contributed by atoms with Crippen LogP contribution >= 0.6 is 0 Å². The van der Waals surface area contributed by atoms with Gasteiger partial charge in [0.25, 0.3) is 0 Å². The lowest BCUT2D eigenvalue weighted by atomic mass is 9.95. The number of ether oxygens (including phenoxy) is 1. The minimum atomic E-state index is 0.675. The molecule has 0 heterocycles. The lowest BCUT2D eigenvalue weighted by molar-refractivity contribution is 0.0722. The molecule has 0 spiro atoms. The van der Waals surface area contributed by atoms with Crippen LogP contribution in [-0.2, 0) is 4.74 Å². The van der Waals surface area contributed by atoms with E-state index in [1.165, 1.54) is 12.8 Å². The lowest BCUT2D eigenvalue weighted by Gasteiger charge is -2.18. The summed E-state index contributed by atoms with van der Waals surface area (Å²) in [5, 5.41) is 0. The maximum Gasteiger partial charge on any atom is 0.0500 e. The van der Waals surface area contributed by atoms with Crippen LogP contribution in [0, 0.1) is 23.7 Å². The summed E-state index contributed by atoms with van der Waals surface area (Å²) in [6.45, 7) is 6.34. The molecule has 0 aromatic carbocycles. The molecule has 74 valence electrons. The van der Waals surface area contributed by atoms with E-state index < -0.39 is 0 Å². The van der Waals surface area contributed by atoms with E-state index in [4.69, 9.17) is 4.74 Å². The topological polar surface area (TPSA) is 9.23 Å². The number of hydrogen-bond acceptors (Lipinski definition) is 1. The Kier molecular flexibility index (Phi) is 2.73. The number of hydrogen-bond donors (Lipinski definition) is 0. The van der Waals surface area contributed by atoms with Crippen molar-refractivity contribution in [2.45, 2.75) is 26.7 Å². The van der Waals surface area contributed by atoms with Crippen molar-refractivity contribution in [2.75, 3.05) is 13.2 Å². The van der Waals surface area contributed by atoms with Crippen LogP contribution in [0.3, 0.4) is 0 Å². The van der Waals surface area contributed by atoms with Gasteiger partial charge in [-0.2, -0.15) is 0 Å². The van der Waals surface area contributed by atoms with E-state index in [1.807, 2.05) is 0 Å². The first kappa shape index (κ1) is 9.26. The van der Waals surface area contributed by atoms with E-state index in [2.05, 4.69) is 26.0 Å². The van der Waals surface area contributed by atoms with Gasteiger partial charge in [-0.15, -0.1) is 0 Å². The van der Waals surface area contributed by atoms with Crippen LogP contribution in [0.15, 0.2) is 12.2 Å². The SMILES string of the molecule is CC(C)COCC1CC2C=CC1C2. The Morgan fingerprint density at radius 1 is 1.31 bits per heavy atom. The van der Waals surface area contributed by atoms with Crippen molar-refractivity contribution in [1.29, 1.82) is 0 Å². The van der Waals surface area contributed by atoms with Gasteiger partial charge in [-0.1, -0.05) is 26.0 Å².